The first-order valence-electron chi connectivity index (χ1n) is 6.48. The smallest absolute Gasteiger partial charge is 0.165 e. The number of hydrogen-bond donors (Lipinski definition) is 1. The van der Waals surface area contributed by atoms with E-state index < -0.39 is 0 Å². The molecular weight excluding hydrogens is 277 g/mol. The van der Waals surface area contributed by atoms with Gasteiger partial charge < -0.3 is 10.1 Å². The molecule has 0 radical (unpaired) electrons. The first-order valence-corrected chi connectivity index (χ1v) is 6.86. The third-order valence-corrected chi connectivity index (χ3v) is 4.12. The van der Waals surface area contributed by atoms with Gasteiger partial charge in [0.05, 0.1) is 13.2 Å². The van der Waals surface area contributed by atoms with E-state index in [0.717, 1.165) is 33.8 Å². The number of methoxy groups -OCH3 is 1. The number of hydrogen-bond acceptors (Lipinski definition) is 2. The normalized spacial score (nSPS) is 16.7. The molecule has 0 bridgehead atoms. The predicted octanol–water partition coefficient (Wildman–Crippen LogP) is 4.51. The van der Waals surface area contributed by atoms with Gasteiger partial charge in [-0.05, 0) is 41.8 Å². The largest absolute Gasteiger partial charge is 0.494 e. The van der Waals surface area contributed by atoms with Crippen molar-refractivity contribution < 1.29 is 9.13 Å². The van der Waals surface area contributed by atoms with Gasteiger partial charge in [0, 0.05) is 17.1 Å². The van der Waals surface area contributed by atoms with Crippen molar-refractivity contribution in [1.29, 1.82) is 0 Å². The Morgan fingerprint density at radius 3 is 2.75 bits per heavy atom. The minimum atomic E-state index is -0.342. The highest BCUT2D eigenvalue weighted by molar-refractivity contribution is 6.31. The molecule has 1 atom stereocenters. The number of aryl methyl sites for hydroxylation is 1. The molecule has 2 nitrogen and oxygen atoms in total. The van der Waals surface area contributed by atoms with Crippen LogP contribution in [0.4, 0.5) is 10.1 Å². The van der Waals surface area contributed by atoms with E-state index in [0.29, 0.717) is 0 Å². The first kappa shape index (κ1) is 13.3. The predicted molar refractivity (Wildman–Crippen MR) is 79.2 cm³/mol. The Morgan fingerprint density at radius 2 is 2.10 bits per heavy atom. The first-order chi connectivity index (χ1) is 9.60. The van der Waals surface area contributed by atoms with E-state index in [1.165, 1.54) is 13.2 Å². The van der Waals surface area contributed by atoms with E-state index in [-0.39, 0.29) is 17.6 Å². The van der Waals surface area contributed by atoms with Crippen LogP contribution in [0, 0.1) is 12.7 Å². The SMILES string of the molecule is COc1ccc(C2Cc3c(Cl)ccc(C)c3N2)cc1F. The fraction of sp³-hybridized carbons (Fsp3) is 0.250. The van der Waals surface area contributed by atoms with Crippen molar-refractivity contribution in [1.82, 2.24) is 0 Å². The summed E-state index contributed by atoms with van der Waals surface area (Å²) in [6.45, 7) is 2.04. The highest BCUT2D eigenvalue weighted by Crippen LogP contribution is 2.40. The number of halogens is 2. The van der Waals surface area contributed by atoms with Crippen LogP contribution >= 0.6 is 11.6 Å². The highest BCUT2D eigenvalue weighted by atomic mass is 35.5. The van der Waals surface area contributed by atoms with Crippen molar-refractivity contribution in [3.8, 4) is 5.75 Å². The van der Waals surface area contributed by atoms with Gasteiger partial charge in [0.1, 0.15) is 0 Å². The van der Waals surface area contributed by atoms with Gasteiger partial charge in [0.15, 0.2) is 11.6 Å². The molecule has 4 heteroatoms. The molecule has 0 amide bonds. The monoisotopic (exact) mass is 291 g/mol. The molecule has 1 aliphatic heterocycles. The lowest BCUT2D eigenvalue weighted by atomic mass is 10.0. The van der Waals surface area contributed by atoms with Gasteiger partial charge in [-0.15, -0.1) is 0 Å². The Balaban J connectivity index is 1.94. The van der Waals surface area contributed by atoms with E-state index in [4.69, 9.17) is 16.3 Å². The molecule has 0 spiro atoms. The summed E-state index contributed by atoms with van der Waals surface area (Å²) in [5.74, 6) is -0.0796. The molecule has 1 heterocycles. The molecule has 0 aromatic heterocycles. The summed E-state index contributed by atoms with van der Waals surface area (Å²) in [4.78, 5) is 0. The molecule has 2 aromatic carbocycles. The summed E-state index contributed by atoms with van der Waals surface area (Å²) < 4.78 is 18.8. The number of nitrogens with one attached hydrogen (secondary N) is 1. The molecular formula is C16H15ClFNO. The number of benzene rings is 2. The zero-order valence-electron chi connectivity index (χ0n) is 11.3. The third-order valence-electron chi connectivity index (χ3n) is 3.77. The molecule has 0 aliphatic carbocycles. The van der Waals surface area contributed by atoms with Gasteiger partial charge in [0.25, 0.3) is 0 Å². The van der Waals surface area contributed by atoms with Gasteiger partial charge in [-0.25, -0.2) is 4.39 Å². The molecule has 20 heavy (non-hydrogen) atoms. The van der Waals surface area contributed by atoms with Gasteiger partial charge in [0.2, 0.25) is 0 Å². The van der Waals surface area contributed by atoms with Crippen LogP contribution < -0.4 is 10.1 Å². The maximum atomic E-state index is 13.8. The maximum absolute atomic E-state index is 13.8. The molecule has 0 saturated heterocycles. The van der Waals surface area contributed by atoms with Gasteiger partial charge >= 0.3 is 0 Å². The van der Waals surface area contributed by atoms with Crippen molar-refractivity contribution in [3.63, 3.8) is 0 Å². The van der Waals surface area contributed by atoms with E-state index in [2.05, 4.69) is 5.32 Å². The van der Waals surface area contributed by atoms with Crippen molar-refractivity contribution in [2.75, 3.05) is 12.4 Å². The molecule has 1 unspecified atom stereocenters. The van der Waals surface area contributed by atoms with E-state index in [9.17, 15) is 4.39 Å². The van der Waals surface area contributed by atoms with Crippen LogP contribution in [-0.2, 0) is 6.42 Å². The van der Waals surface area contributed by atoms with E-state index >= 15 is 0 Å². The van der Waals surface area contributed by atoms with Crippen LogP contribution in [0.15, 0.2) is 30.3 Å². The number of rotatable bonds is 2. The molecule has 0 saturated carbocycles. The van der Waals surface area contributed by atoms with Crippen LogP contribution in [0.5, 0.6) is 5.75 Å². The molecule has 1 aliphatic rings. The summed E-state index contributed by atoms with van der Waals surface area (Å²) in [7, 11) is 1.46. The van der Waals surface area contributed by atoms with E-state index in [1.807, 2.05) is 25.1 Å². The second kappa shape index (κ2) is 4.98. The van der Waals surface area contributed by atoms with Crippen LogP contribution in [-0.4, -0.2) is 7.11 Å². The lowest BCUT2D eigenvalue weighted by molar-refractivity contribution is 0.386. The van der Waals surface area contributed by atoms with Crippen LogP contribution in [0.1, 0.15) is 22.7 Å². The molecule has 104 valence electrons. The summed E-state index contributed by atoms with van der Waals surface area (Å²) in [6.07, 6.45) is 0.765. The Bertz CT molecular complexity index is 641. The van der Waals surface area contributed by atoms with E-state index in [1.54, 1.807) is 6.07 Å². The second-order valence-corrected chi connectivity index (χ2v) is 5.42. The number of ether oxygens (including phenoxy) is 1. The highest BCUT2D eigenvalue weighted by Gasteiger charge is 2.26. The fourth-order valence-electron chi connectivity index (χ4n) is 2.67. The topological polar surface area (TPSA) is 21.3 Å². The van der Waals surface area contributed by atoms with Crippen molar-refractivity contribution in [2.24, 2.45) is 0 Å². The minimum absolute atomic E-state index is 0.0454. The van der Waals surface area contributed by atoms with Crippen LogP contribution in [0.3, 0.4) is 0 Å². The lowest BCUT2D eigenvalue weighted by Gasteiger charge is -2.13. The Labute approximate surface area is 122 Å². The second-order valence-electron chi connectivity index (χ2n) is 5.01. The summed E-state index contributed by atoms with van der Waals surface area (Å²) in [5, 5.41) is 4.19. The van der Waals surface area contributed by atoms with Crippen molar-refractivity contribution in [2.45, 2.75) is 19.4 Å². The Morgan fingerprint density at radius 1 is 1.30 bits per heavy atom. The summed E-state index contributed by atoms with van der Waals surface area (Å²) >= 11 is 6.24. The van der Waals surface area contributed by atoms with Gasteiger partial charge in [-0.1, -0.05) is 23.7 Å². The van der Waals surface area contributed by atoms with Gasteiger partial charge in [-0.2, -0.15) is 0 Å². The molecule has 1 N–H and O–H groups in total. The van der Waals surface area contributed by atoms with Gasteiger partial charge in [-0.3, -0.25) is 0 Å². The summed E-state index contributed by atoms with van der Waals surface area (Å²) in [6, 6.07) is 9.01. The zero-order valence-corrected chi connectivity index (χ0v) is 12.1. The summed E-state index contributed by atoms with van der Waals surface area (Å²) in [5.41, 5.74) is 4.22. The molecule has 0 fully saturated rings. The number of fused-ring (bicyclic) bond motifs is 1. The van der Waals surface area contributed by atoms with Crippen LogP contribution in [0.2, 0.25) is 5.02 Å². The van der Waals surface area contributed by atoms with Crippen molar-refractivity contribution >= 4 is 17.3 Å². The lowest BCUT2D eigenvalue weighted by Crippen LogP contribution is -2.06. The standard InChI is InChI=1S/C16H15ClFNO/c1-9-3-5-12(17)11-8-14(19-16(9)11)10-4-6-15(20-2)13(18)7-10/h3-7,14,19H,8H2,1-2H3. The van der Waals surface area contributed by atoms with Crippen molar-refractivity contribution in [3.05, 3.63) is 57.9 Å². The zero-order chi connectivity index (χ0) is 14.3. The fourth-order valence-corrected chi connectivity index (χ4v) is 2.90. The van der Waals surface area contributed by atoms with Crippen LogP contribution in [0.25, 0.3) is 0 Å². The Hall–Kier alpha value is -1.74. The maximum Gasteiger partial charge on any atom is 0.165 e. The quantitative estimate of drug-likeness (QED) is 0.879. The molecule has 3 rings (SSSR count). The Kier molecular flexibility index (Phi) is 3.30. The molecule has 2 aromatic rings. The minimum Gasteiger partial charge on any atom is -0.494 e. The number of anilines is 1. The third kappa shape index (κ3) is 2.12. The average Bonchev–Trinajstić information content (AvgIpc) is 2.89. The average molecular weight is 292 g/mol.